The molecule has 2 amide bonds. The van der Waals surface area contributed by atoms with Crippen LogP contribution in [0.5, 0.6) is 0 Å². The zero-order valence-electron chi connectivity index (χ0n) is 12.5. The number of hydrogen-bond acceptors (Lipinski definition) is 4. The van der Waals surface area contributed by atoms with Gasteiger partial charge in [-0.25, -0.2) is 4.98 Å². The lowest BCUT2D eigenvalue weighted by atomic mass is 10.1. The summed E-state index contributed by atoms with van der Waals surface area (Å²) >= 11 is 1.45. The van der Waals surface area contributed by atoms with Crippen LogP contribution in [0.2, 0.25) is 0 Å². The molecule has 0 atom stereocenters. The van der Waals surface area contributed by atoms with Crippen molar-refractivity contribution in [2.75, 3.05) is 10.6 Å². The molecule has 3 rings (SSSR count). The molecule has 116 valence electrons. The van der Waals surface area contributed by atoms with E-state index < -0.39 is 0 Å². The summed E-state index contributed by atoms with van der Waals surface area (Å²) in [7, 11) is 0. The molecule has 2 N–H and O–H groups in total. The van der Waals surface area contributed by atoms with E-state index in [2.05, 4.69) is 15.6 Å². The Morgan fingerprint density at radius 1 is 1.04 bits per heavy atom. The van der Waals surface area contributed by atoms with Crippen LogP contribution in [-0.2, 0) is 16.0 Å². The lowest BCUT2D eigenvalue weighted by Gasteiger charge is -2.04. The molecule has 1 heterocycles. The first-order valence-electron chi connectivity index (χ1n) is 7.12. The second-order valence-corrected chi connectivity index (χ2v) is 6.12. The Kier molecular flexibility index (Phi) is 4.34. The number of hydrogen-bond donors (Lipinski definition) is 2. The van der Waals surface area contributed by atoms with Gasteiger partial charge in [-0.15, -0.1) is 0 Å². The predicted molar refractivity (Wildman–Crippen MR) is 92.7 cm³/mol. The molecule has 3 aromatic rings. The topological polar surface area (TPSA) is 71.1 Å². The standard InChI is InChI=1S/C17H15N3O2S/c1-11(21)18-13-8-6-12(7-9-13)10-16(22)20-17-19-14-4-2-3-5-15(14)23-17/h2-9H,10H2,1H3,(H,18,21)(H,19,20,22). The van der Waals surface area contributed by atoms with Crippen molar-refractivity contribution >= 4 is 44.2 Å². The van der Waals surface area contributed by atoms with Crippen LogP contribution in [0.25, 0.3) is 10.2 Å². The number of anilines is 2. The molecule has 0 aliphatic heterocycles. The Labute approximate surface area is 137 Å². The lowest BCUT2D eigenvalue weighted by Crippen LogP contribution is -2.14. The van der Waals surface area contributed by atoms with Crippen molar-refractivity contribution in [3.05, 3.63) is 54.1 Å². The minimum atomic E-state index is -0.119. The number of benzene rings is 2. The van der Waals surface area contributed by atoms with Gasteiger partial charge in [0.15, 0.2) is 5.13 Å². The fourth-order valence-electron chi connectivity index (χ4n) is 2.18. The number of amides is 2. The maximum Gasteiger partial charge on any atom is 0.230 e. The summed E-state index contributed by atoms with van der Waals surface area (Å²) in [6.07, 6.45) is 0.260. The third-order valence-corrected chi connectivity index (χ3v) is 4.13. The lowest BCUT2D eigenvalue weighted by molar-refractivity contribution is -0.116. The molecule has 0 saturated carbocycles. The van der Waals surface area contributed by atoms with Gasteiger partial charge in [-0.3, -0.25) is 9.59 Å². The van der Waals surface area contributed by atoms with Gasteiger partial charge in [0.05, 0.1) is 16.6 Å². The summed E-state index contributed by atoms with van der Waals surface area (Å²) in [5, 5.41) is 6.12. The van der Waals surface area contributed by atoms with Crippen molar-refractivity contribution in [1.82, 2.24) is 4.98 Å². The van der Waals surface area contributed by atoms with Crippen LogP contribution in [0.3, 0.4) is 0 Å². The Morgan fingerprint density at radius 2 is 1.78 bits per heavy atom. The summed E-state index contributed by atoms with van der Waals surface area (Å²) < 4.78 is 1.04. The predicted octanol–water partition coefficient (Wildman–Crippen LogP) is 3.44. The van der Waals surface area contributed by atoms with E-state index in [9.17, 15) is 9.59 Å². The number of carbonyl (C=O) groups is 2. The van der Waals surface area contributed by atoms with E-state index in [1.54, 1.807) is 12.1 Å². The van der Waals surface area contributed by atoms with E-state index in [4.69, 9.17) is 0 Å². The molecule has 5 nitrogen and oxygen atoms in total. The molecule has 0 aliphatic rings. The number of nitrogens with one attached hydrogen (secondary N) is 2. The summed E-state index contributed by atoms with van der Waals surface area (Å²) in [6.45, 7) is 1.46. The van der Waals surface area contributed by atoms with Crippen molar-refractivity contribution in [2.24, 2.45) is 0 Å². The summed E-state index contributed by atoms with van der Waals surface area (Å²) in [5.41, 5.74) is 2.47. The van der Waals surface area contributed by atoms with E-state index >= 15 is 0 Å². The Hall–Kier alpha value is -2.73. The molecule has 0 saturated heterocycles. The van der Waals surface area contributed by atoms with Crippen LogP contribution < -0.4 is 10.6 Å². The van der Waals surface area contributed by atoms with Gasteiger partial charge >= 0.3 is 0 Å². The molecule has 0 unspecified atom stereocenters. The van der Waals surface area contributed by atoms with Crippen molar-refractivity contribution in [1.29, 1.82) is 0 Å². The third kappa shape index (κ3) is 3.92. The molecule has 0 fully saturated rings. The molecule has 23 heavy (non-hydrogen) atoms. The van der Waals surface area contributed by atoms with E-state index in [1.165, 1.54) is 18.3 Å². The fraction of sp³-hybridized carbons (Fsp3) is 0.118. The van der Waals surface area contributed by atoms with Crippen molar-refractivity contribution < 1.29 is 9.59 Å². The number of nitrogens with zero attached hydrogens (tertiary/aromatic N) is 1. The highest BCUT2D eigenvalue weighted by molar-refractivity contribution is 7.22. The van der Waals surface area contributed by atoms with Gasteiger partial charge in [0, 0.05) is 12.6 Å². The van der Waals surface area contributed by atoms with Gasteiger partial charge in [0.25, 0.3) is 0 Å². The number of carbonyl (C=O) groups excluding carboxylic acids is 2. The molecule has 0 bridgehead atoms. The highest BCUT2D eigenvalue weighted by Crippen LogP contribution is 2.25. The van der Waals surface area contributed by atoms with Crippen molar-refractivity contribution in [2.45, 2.75) is 13.3 Å². The third-order valence-electron chi connectivity index (χ3n) is 3.18. The van der Waals surface area contributed by atoms with E-state index in [0.29, 0.717) is 10.8 Å². The normalized spacial score (nSPS) is 10.5. The molecular weight excluding hydrogens is 310 g/mol. The monoisotopic (exact) mass is 325 g/mol. The Morgan fingerprint density at radius 3 is 2.48 bits per heavy atom. The second kappa shape index (κ2) is 6.58. The number of aromatic nitrogens is 1. The molecule has 0 aliphatic carbocycles. The molecule has 2 aromatic carbocycles. The summed E-state index contributed by atoms with van der Waals surface area (Å²) in [5.74, 6) is -0.234. The largest absolute Gasteiger partial charge is 0.326 e. The smallest absolute Gasteiger partial charge is 0.230 e. The van der Waals surface area contributed by atoms with E-state index in [0.717, 1.165) is 15.8 Å². The van der Waals surface area contributed by atoms with Gasteiger partial charge in [0.2, 0.25) is 11.8 Å². The van der Waals surface area contributed by atoms with Crippen molar-refractivity contribution in [3.8, 4) is 0 Å². The van der Waals surface area contributed by atoms with Gasteiger partial charge in [0.1, 0.15) is 0 Å². The SMILES string of the molecule is CC(=O)Nc1ccc(CC(=O)Nc2nc3ccccc3s2)cc1. The Balaban J connectivity index is 1.63. The number of fused-ring (bicyclic) bond motifs is 1. The highest BCUT2D eigenvalue weighted by atomic mass is 32.1. The molecule has 6 heteroatoms. The maximum atomic E-state index is 12.1. The van der Waals surface area contributed by atoms with Gasteiger partial charge in [-0.05, 0) is 29.8 Å². The molecule has 0 spiro atoms. The fourth-order valence-corrected chi connectivity index (χ4v) is 3.07. The molecule has 0 radical (unpaired) electrons. The average molecular weight is 325 g/mol. The number of para-hydroxylation sites is 1. The minimum absolute atomic E-state index is 0.115. The van der Waals surface area contributed by atoms with Crippen LogP contribution in [0.1, 0.15) is 12.5 Å². The number of thiazole rings is 1. The average Bonchev–Trinajstić information content (AvgIpc) is 2.90. The minimum Gasteiger partial charge on any atom is -0.326 e. The zero-order chi connectivity index (χ0) is 16.2. The molecular formula is C17H15N3O2S. The second-order valence-electron chi connectivity index (χ2n) is 5.09. The van der Waals surface area contributed by atoms with Crippen LogP contribution in [0.15, 0.2) is 48.5 Å². The van der Waals surface area contributed by atoms with E-state index in [1.807, 2.05) is 36.4 Å². The van der Waals surface area contributed by atoms with E-state index in [-0.39, 0.29) is 18.2 Å². The van der Waals surface area contributed by atoms with Crippen molar-refractivity contribution in [3.63, 3.8) is 0 Å². The van der Waals surface area contributed by atoms with Crippen LogP contribution >= 0.6 is 11.3 Å². The maximum absolute atomic E-state index is 12.1. The summed E-state index contributed by atoms with van der Waals surface area (Å²) in [6, 6.07) is 15.0. The van der Waals surface area contributed by atoms with Crippen LogP contribution in [0, 0.1) is 0 Å². The highest BCUT2D eigenvalue weighted by Gasteiger charge is 2.08. The Bertz CT molecular complexity index is 823. The van der Waals surface area contributed by atoms with Gasteiger partial charge in [-0.1, -0.05) is 35.6 Å². The van der Waals surface area contributed by atoms with Crippen LogP contribution in [0.4, 0.5) is 10.8 Å². The first kappa shape index (κ1) is 15.2. The zero-order valence-corrected chi connectivity index (χ0v) is 13.3. The first-order chi connectivity index (χ1) is 11.1. The quantitative estimate of drug-likeness (QED) is 0.772. The first-order valence-corrected chi connectivity index (χ1v) is 7.94. The summed E-state index contributed by atoms with van der Waals surface area (Å²) in [4.78, 5) is 27.5. The van der Waals surface area contributed by atoms with Crippen LogP contribution in [-0.4, -0.2) is 16.8 Å². The number of rotatable bonds is 4. The molecule has 1 aromatic heterocycles. The van der Waals surface area contributed by atoms with Gasteiger partial charge < -0.3 is 10.6 Å². The van der Waals surface area contributed by atoms with Gasteiger partial charge in [-0.2, -0.15) is 0 Å².